The molecule has 1 aliphatic rings. The van der Waals surface area contributed by atoms with Gasteiger partial charge < -0.3 is 15.0 Å². The molecule has 7 nitrogen and oxygen atoms in total. The molecule has 1 saturated heterocycles. The molecule has 1 aromatic carbocycles. The van der Waals surface area contributed by atoms with Crippen molar-refractivity contribution in [2.45, 2.75) is 26.8 Å². The molecular weight excluding hydrogens is 298 g/mol. The number of hydrogen-bond acceptors (Lipinski definition) is 5. The lowest BCUT2D eigenvalue weighted by Gasteiger charge is -2.32. The van der Waals surface area contributed by atoms with Crippen molar-refractivity contribution in [2.75, 3.05) is 31.6 Å². The van der Waals surface area contributed by atoms with Crippen molar-refractivity contribution in [2.24, 2.45) is 5.92 Å². The van der Waals surface area contributed by atoms with Crippen LogP contribution in [0.2, 0.25) is 0 Å². The van der Waals surface area contributed by atoms with Crippen LogP contribution in [0.1, 0.15) is 19.4 Å². The molecule has 1 atom stereocenters. The van der Waals surface area contributed by atoms with Crippen LogP contribution in [-0.4, -0.2) is 48.1 Å². The minimum atomic E-state index is -0.506. The van der Waals surface area contributed by atoms with Gasteiger partial charge in [-0.1, -0.05) is 19.9 Å². The van der Waals surface area contributed by atoms with Crippen molar-refractivity contribution in [3.63, 3.8) is 0 Å². The number of morpholine rings is 1. The van der Waals surface area contributed by atoms with Gasteiger partial charge in [0.1, 0.15) is 11.7 Å². The standard InChI is InChI=1S/C16H23N3O4/c1-11(2)15(16(20)18-6-8-23-9-7-18)17-13-10-12(3)4-5-14(13)19(21)22/h4-5,10-11,15,17H,6-9H2,1-3H3. The zero-order valence-corrected chi connectivity index (χ0v) is 13.7. The zero-order valence-electron chi connectivity index (χ0n) is 13.7. The summed E-state index contributed by atoms with van der Waals surface area (Å²) < 4.78 is 5.27. The van der Waals surface area contributed by atoms with Crippen molar-refractivity contribution in [3.05, 3.63) is 33.9 Å². The first-order valence-corrected chi connectivity index (χ1v) is 7.78. The number of carbonyl (C=O) groups excluding carboxylic acids is 1. The maximum Gasteiger partial charge on any atom is 0.292 e. The summed E-state index contributed by atoms with van der Waals surface area (Å²) in [6, 6.07) is 4.36. The van der Waals surface area contributed by atoms with Crippen LogP contribution in [0.5, 0.6) is 0 Å². The fourth-order valence-corrected chi connectivity index (χ4v) is 2.59. The van der Waals surface area contributed by atoms with E-state index in [1.54, 1.807) is 17.0 Å². The second-order valence-electron chi connectivity index (χ2n) is 6.08. The van der Waals surface area contributed by atoms with E-state index in [9.17, 15) is 14.9 Å². The van der Waals surface area contributed by atoms with Gasteiger partial charge in [0, 0.05) is 19.2 Å². The monoisotopic (exact) mass is 321 g/mol. The first-order valence-electron chi connectivity index (χ1n) is 7.78. The van der Waals surface area contributed by atoms with Crippen molar-refractivity contribution >= 4 is 17.3 Å². The molecular formula is C16H23N3O4. The fraction of sp³-hybridized carbons (Fsp3) is 0.562. The summed E-state index contributed by atoms with van der Waals surface area (Å²) in [4.78, 5) is 25.3. The van der Waals surface area contributed by atoms with Gasteiger partial charge in [-0.2, -0.15) is 0 Å². The number of benzene rings is 1. The second kappa shape index (κ2) is 7.41. The number of nitro benzene ring substituents is 1. The Labute approximate surface area is 135 Å². The topological polar surface area (TPSA) is 84.7 Å². The average Bonchev–Trinajstić information content (AvgIpc) is 2.52. The fourth-order valence-electron chi connectivity index (χ4n) is 2.59. The smallest absolute Gasteiger partial charge is 0.292 e. The first-order chi connectivity index (χ1) is 10.9. The third-order valence-corrected chi connectivity index (χ3v) is 3.92. The van der Waals surface area contributed by atoms with Crippen LogP contribution in [0, 0.1) is 23.0 Å². The van der Waals surface area contributed by atoms with Crippen LogP contribution in [0.25, 0.3) is 0 Å². The molecule has 2 rings (SSSR count). The lowest BCUT2D eigenvalue weighted by atomic mass is 10.0. The molecule has 1 fully saturated rings. The summed E-state index contributed by atoms with van der Waals surface area (Å²) in [5, 5.41) is 14.3. The van der Waals surface area contributed by atoms with Crippen LogP contribution in [-0.2, 0) is 9.53 Å². The first kappa shape index (κ1) is 17.2. The number of amides is 1. The number of ether oxygens (including phenoxy) is 1. The Morgan fingerprint density at radius 3 is 2.57 bits per heavy atom. The van der Waals surface area contributed by atoms with E-state index in [0.29, 0.717) is 32.0 Å². The van der Waals surface area contributed by atoms with Crippen LogP contribution in [0.4, 0.5) is 11.4 Å². The number of anilines is 1. The van der Waals surface area contributed by atoms with Crippen molar-refractivity contribution < 1.29 is 14.5 Å². The SMILES string of the molecule is Cc1ccc([N+](=O)[O-])c(NC(C(=O)N2CCOCC2)C(C)C)c1. The molecule has 1 unspecified atom stereocenters. The number of nitrogens with one attached hydrogen (secondary N) is 1. The minimum absolute atomic E-state index is 0.00506. The molecule has 0 radical (unpaired) electrons. The summed E-state index contributed by atoms with van der Waals surface area (Å²) in [5.74, 6) is -0.0374. The van der Waals surface area contributed by atoms with Crippen LogP contribution in [0.15, 0.2) is 18.2 Å². The second-order valence-corrected chi connectivity index (χ2v) is 6.08. The average molecular weight is 321 g/mol. The molecule has 1 N–H and O–H groups in total. The summed E-state index contributed by atoms with van der Waals surface area (Å²) in [5.41, 5.74) is 1.27. The van der Waals surface area contributed by atoms with E-state index in [0.717, 1.165) is 5.56 Å². The Morgan fingerprint density at radius 1 is 1.35 bits per heavy atom. The summed E-state index contributed by atoms with van der Waals surface area (Å²) >= 11 is 0. The number of nitrogens with zero attached hydrogens (tertiary/aromatic N) is 2. The van der Waals surface area contributed by atoms with Crippen LogP contribution < -0.4 is 5.32 Å². The minimum Gasteiger partial charge on any atom is -0.378 e. The van der Waals surface area contributed by atoms with Gasteiger partial charge in [0.2, 0.25) is 5.91 Å². The van der Waals surface area contributed by atoms with Gasteiger partial charge in [-0.25, -0.2) is 0 Å². The largest absolute Gasteiger partial charge is 0.378 e. The van der Waals surface area contributed by atoms with E-state index in [2.05, 4.69) is 5.32 Å². The molecule has 0 saturated carbocycles. The van der Waals surface area contributed by atoms with Gasteiger partial charge in [-0.3, -0.25) is 14.9 Å². The van der Waals surface area contributed by atoms with E-state index in [4.69, 9.17) is 4.74 Å². The van der Waals surface area contributed by atoms with E-state index in [1.807, 2.05) is 20.8 Å². The third-order valence-electron chi connectivity index (χ3n) is 3.92. The Balaban J connectivity index is 2.24. The molecule has 0 aromatic heterocycles. The Hall–Kier alpha value is -2.15. The van der Waals surface area contributed by atoms with Crippen LogP contribution in [0.3, 0.4) is 0 Å². The maximum atomic E-state index is 12.7. The normalized spacial score (nSPS) is 16.3. The molecule has 7 heteroatoms. The predicted octanol–water partition coefficient (Wildman–Crippen LogP) is 2.20. The molecule has 1 heterocycles. The third kappa shape index (κ3) is 4.19. The Kier molecular flexibility index (Phi) is 5.54. The number of nitro groups is 1. The molecule has 0 spiro atoms. The molecule has 1 amide bonds. The van der Waals surface area contributed by atoms with Gasteiger partial charge in [0.05, 0.1) is 18.1 Å². The van der Waals surface area contributed by atoms with E-state index >= 15 is 0 Å². The quantitative estimate of drug-likeness (QED) is 0.664. The van der Waals surface area contributed by atoms with Gasteiger partial charge in [0.25, 0.3) is 5.69 Å². The van der Waals surface area contributed by atoms with Gasteiger partial charge in [0.15, 0.2) is 0 Å². The highest BCUT2D eigenvalue weighted by atomic mass is 16.6. The Bertz CT molecular complexity index is 583. The highest BCUT2D eigenvalue weighted by molar-refractivity contribution is 5.86. The number of carbonyl (C=O) groups is 1. The number of hydrogen-bond donors (Lipinski definition) is 1. The lowest BCUT2D eigenvalue weighted by Crippen LogP contribution is -2.49. The number of aryl methyl sites for hydroxylation is 1. The molecule has 1 aromatic rings. The summed E-state index contributed by atoms with van der Waals surface area (Å²) in [6.07, 6.45) is 0. The summed E-state index contributed by atoms with van der Waals surface area (Å²) in [7, 11) is 0. The Morgan fingerprint density at radius 2 is 2.00 bits per heavy atom. The van der Waals surface area contributed by atoms with Crippen LogP contribution >= 0.6 is 0 Å². The van der Waals surface area contributed by atoms with Crippen molar-refractivity contribution in [1.82, 2.24) is 4.90 Å². The zero-order chi connectivity index (χ0) is 17.0. The predicted molar refractivity (Wildman–Crippen MR) is 87.5 cm³/mol. The molecule has 0 bridgehead atoms. The van der Waals surface area contributed by atoms with Gasteiger partial charge >= 0.3 is 0 Å². The van der Waals surface area contributed by atoms with Gasteiger partial charge in [-0.05, 0) is 24.5 Å². The van der Waals surface area contributed by atoms with Crippen molar-refractivity contribution in [3.8, 4) is 0 Å². The molecule has 23 heavy (non-hydrogen) atoms. The molecule has 0 aliphatic carbocycles. The maximum absolute atomic E-state index is 12.7. The van der Waals surface area contributed by atoms with E-state index < -0.39 is 11.0 Å². The summed E-state index contributed by atoms with van der Waals surface area (Å²) in [6.45, 7) is 7.89. The number of rotatable bonds is 5. The van der Waals surface area contributed by atoms with E-state index in [1.165, 1.54) is 6.07 Å². The highest BCUT2D eigenvalue weighted by Gasteiger charge is 2.30. The van der Waals surface area contributed by atoms with Gasteiger partial charge in [-0.15, -0.1) is 0 Å². The van der Waals surface area contributed by atoms with E-state index in [-0.39, 0.29) is 17.5 Å². The lowest BCUT2D eigenvalue weighted by molar-refractivity contribution is -0.384. The molecule has 1 aliphatic heterocycles. The molecule has 126 valence electrons. The highest BCUT2D eigenvalue weighted by Crippen LogP contribution is 2.27. The van der Waals surface area contributed by atoms with Crippen molar-refractivity contribution in [1.29, 1.82) is 0 Å².